The van der Waals surface area contributed by atoms with Crippen LogP contribution in [-0.4, -0.2) is 46.9 Å². The summed E-state index contributed by atoms with van der Waals surface area (Å²) in [7, 11) is 3.54. The third kappa shape index (κ3) is 5.41. The molecule has 1 saturated carbocycles. The minimum Gasteiger partial charge on any atom is -0.384 e. The van der Waals surface area contributed by atoms with Crippen molar-refractivity contribution in [3.05, 3.63) is 23.5 Å². The number of methoxy groups -OCH3 is 1. The Morgan fingerprint density at radius 3 is 2.65 bits per heavy atom. The molecular formula is C15H25Cl2N7O2. The van der Waals surface area contributed by atoms with Crippen molar-refractivity contribution < 1.29 is 9.26 Å². The molecule has 26 heavy (non-hydrogen) atoms. The van der Waals surface area contributed by atoms with Crippen LogP contribution < -0.4 is 16.4 Å². The zero-order chi connectivity index (χ0) is 17.1. The van der Waals surface area contributed by atoms with Gasteiger partial charge in [0.1, 0.15) is 5.82 Å². The van der Waals surface area contributed by atoms with Gasteiger partial charge in [-0.25, -0.2) is 4.98 Å². The Kier molecular flexibility index (Phi) is 8.48. The van der Waals surface area contributed by atoms with Crippen LogP contribution in [0.15, 0.2) is 10.6 Å². The lowest BCUT2D eigenvalue weighted by Gasteiger charge is -2.32. The van der Waals surface area contributed by atoms with E-state index in [2.05, 4.69) is 20.1 Å². The van der Waals surface area contributed by atoms with Crippen molar-refractivity contribution in [3.8, 4) is 0 Å². The highest BCUT2D eigenvalue weighted by atomic mass is 35.5. The average Bonchev–Trinajstić information content (AvgIpc) is 2.96. The molecule has 9 nitrogen and oxygen atoms in total. The number of nitrogens with two attached hydrogens (primary N) is 2. The summed E-state index contributed by atoms with van der Waals surface area (Å²) in [5.41, 5.74) is 12.7. The molecular weight excluding hydrogens is 381 g/mol. The van der Waals surface area contributed by atoms with Gasteiger partial charge < -0.3 is 25.6 Å². The van der Waals surface area contributed by atoms with E-state index in [0.717, 1.165) is 24.4 Å². The fourth-order valence-corrected chi connectivity index (χ4v) is 2.71. The highest BCUT2D eigenvalue weighted by Crippen LogP contribution is 2.35. The van der Waals surface area contributed by atoms with E-state index in [1.165, 1.54) is 0 Å². The normalized spacial score (nSPS) is 18.4. The maximum absolute atomic E-state index is 5.86. The quantitative estimate of drug-likeness (QED) is 0.699. The number of hydrogen-bond donors (Lipinski definition) is 2. The van der Waals surface area contributed by atoms with Crippen LogP contribution in [-0.2, 0) is 17.7 Å². The maximum Gasteiger partial charge on any atom is 0.246 e. The minimum atomic E-state index is 0. The van der Waals surface area contributed by atoms with Crippen LogP contribution in [0.5, 0.6) is 0 Å². The standard InChI is InChI=1S/C15H23N7O2.2ClH/c1-22(8-14-19-12(21-24-14)3-4-23-2)13-7-11(18-15(17)20-13)9-5-10(16)6-9;;/h7,9-10H,3-6,8,16H2,1-2H3,(H2,17,18,20);2*1H. The number of anilines is 2. The highest BCUT2D eigenvalue weighted by molar-refractivity contribution is 5.85. The summed E-state index contributed by atoms with van der Waals surface area (Å²) in [5, 5.41) is 3.93. The molecule has 4 N–H and O–H groups in total. The second kappa shape index (κ2) is 9.86. The number of nitrogen functional groups attached to an aromatic ring is 1. The third-order valence-electron chi connectivity index (χ3n) is 4.15. The number of ether oxygens (including phenoxy) is 1. The summed E-state index contributed by atoms with van der Waals surface area (Å²) in [4.78, 5) is 14.9. The lowest BCUT2D eigenvalue weighted by molar-refractivity contribution is 0.199. The predicted octanol–water partition coefficient (Wildman–Crippen LogP) is 1.32. The molecule has 2 heterocycles. The second-order valence-corrected chi connectivity index (χ2v) is 6.14. The molecule has 0 aromatic carbocycles. The summed E-state index contributed by atoms with van der Waals surface area (Å²) in [5.74, 6) is 2.51. The molecule has 0 unspecified atom stereocenters. The first kappa shape index (κ1) is 22.4. The number of rotatable bonds is 7. The average molecular weight is 406 g/mol. The Morgan fingerprint density at radius 2 is 2.00 bits per heavy atom. The SMILES string of the molecule is COCCc1noc(CN(C)c2cc(C3CC(N)C3)nc(N)n2)n1.Cl.Cl. The summed E-state index contributed by atoms with van der Waals surface area (Å²) in [6.45, 7) is 1.00. The number of nitrogens with zero attached hydrogens (tertiary/aromatic N) is 5. The van der Waals surface area contributed by atoms with E-state index in [9.17, 15) is 0 Å². The Bertz CT molecular complexity index is 694. The molecule has 0 amide bonds. The van der Waals surface area contributed by atoms with E-state index in [4.69, 9.17) is 20.7 Å². The minimum absolute atomic E-state index is 0. The number of aromatic nitrogens is 4. The topological polar surface area (TPSA) is 129 Å². The molecule has 1 aliphatic carbocycles. The molecule has 0 bridgehead atoms. The maximum atomic E-state index is 5.86. The van der Waals surface area contributed by atoms with Gasteiger partial charge in [-0.2, -0.15) is 9.97 Å². The monoisotopic (exact) mass is 405 g/mol. The fraction of sp³-hybridized carbons (Fsp3) is 0.600. The van der Waals surface area contributed by atoms with Crippen molar-refractivity contribution in [1.82, 2.24) is 20.1 Å². The Hall–Kier alpha value is -1.68. The number of halogens is 2. The number of hydrogen-bond acceptors (Lipinski definition) is 9. The smallest absolute Gasteiger partial charge is 0.246 e. The molecule has 0 saturated heterocycles. The molecule has 0 aliphatic heterocycles. The van der Waals surface area contributed by atoms with Gasteiger partial charge in [0.05, 0.1) is 18.8 Å². The van der Waals surface area contributed by atoms with Gasteiger partial charge in [-0.3, -0.25) is 0 Å². The van der Waals surface area contributed by atoms with Crippen LogP contribution >= 0.6 is 24.8 Å². The van der Waals surface area contributed by atoms with Crippen LogP contribution in [0.25, 0.3) is 0 Å². The van der Waals surface area contributed by atoms with E-state index in [1.807, 2.05) is 18.0 Å². The van der Waals surface area contributed by atoms with Gasteiger partial charge in [0.2, 0.25) is 11.8 Å². The first-order valence-corrected chi connectivity index (χ1v) is 7.96. The van der Waals surface area contributed by atoms with E-state index in [0.29, 0.717) is 37.2 Å². The fourth-order valence-electron chi connectivity index (χ4n) is 2.71. The Morgan fingerprint density at radius 1 is 1.27 bits per heavy atom. The van der Waals surface area contributed by atoms with Crippen molar-refractivity contribution in [1.29, 1.82) is 0 Å². The van der Waals surface area contributed by atoms with Crippen molar-refractivity contribution >= 4 is 36.6 Å². The summed E-state index contributed by atoms with van der Waals surface area (Å²) in [6.07, 6.45) is 2.49. The predicted molar refractivity (Wildman–Crippen MR) is 103 cm³/mol. The van der Waals surface area contributed by atoms with Crippen molar-refractivity contribution in [3.63, 3.8) is 0 Å². The van der Waals surface area contributed by atoms with Crippen molar-refractivity contribution in [2.24, 2.45) is 5.73 Å². The molecule has 2 aromatic rings. The molecule has 3 rings (SSSR count). The molecule has 0 atom stereocenters. The van der Waals surface area contributed by atoms with Gasteiger partial charge in [0.15, 0.2) is 5.82 Å². The third-order valence-corrected chi connectivity index (χ3v) is 4.15. The van der Waals surface area contributed by atoms with E-state index in [-0.39, 0.29) is 36.8 Å². The Labute approximate surface area is 164 Å². The van der Waals surface area contributed by atoms with Crippen molar-refractivity contribution in [2.75, 3.05) is 31.4 Å². The zero-order valence-electron chi connectivity index (χ0n) is 14.8. The summed E-state index contributed by atoms with van der Waals surface area (Å²) >= 11 is 0. The van der Waals surface area contributed by atoms with Crippen LogP contribution in [0, 0.1) is 0 Å². The molecule has 0 spiro atoms. The largest absolute Gasteiger partial charge is 0.384 e. The van der Waals surface area contributed by atoms with Crippen LogP contribution in [0.1, 0.15) is 36.2 Å². The van der Waals surface area contributed by atoms with E-state index < -0.39 is 0 Å². The van der Waals surface area contributed by atoms with Crippen LogP contribution in [0.3, 0.4) is 0 Å². The lowest BCUT2D eigenvalue weighted by atomic mass is 9.78. The highest BCUT2D eigenvalue weighted by Gasteiger charge is 2.29. The summed E-state index contributed by atoms with van der Waals surface area (Å²) < 4.78 is 10.3. The van der Waals surface area contributed by atoms with Crippen LogP contribution in [0.2, 0.25) is 0 Å². The van der Waals surface area contributed by atoms with Gasteiger partial charge in [-0.15, -0.1) is 24.8 Å². The Balaban J connectivity index is 0.00000169. The summed E-state index contributed by atoms with van der Waals surface area (Å²) in [6, 6.07) is 2.21. The lowest BCUT2D eigenvalue weighted by Crippen LogP contribution is -2.35. The van der Waals surface area contributed by atoms with Crippen LogP contribution in [0.4, 0.5) is 11.8 Å². The van der Waals surface area contributed by atoms with E-state index >= 15 is 0 Å². The zero-order valence-corrected chi connectivity index (χ0v) is 16.4. The molecule has 146 valence electrons. The van der Waals surface area contributed by atoms with E-state index in [1.54, 1.807) is 7.11 Å². The molecule has 2 aromatic heterocycles. The first-order chi connectivity index (χ1) is 11.5. The van der Waals surface area contributed by atoms with Crippen molar-refractivity contribution in [2.45, 2.75) is 37.8 Å². The van der Waals surface area contributed by atoms with Gasteiger partial charge >= 0.3 is 0 Å². The first-order valence-electron chi connectivity index (χ1n) is 7.96. The second-order valence-electron chi connectivity index (χ2n) is 6.14. The molecule has 0 radical (unpaired) electrons. The van der Waals surface area contributed by atoms with Gasteiger partial charge in [-0.1, -0.05) is 5.16 Å². The van der Waals surface area contributed by atoms with Gasteiger partial charge in [0.25, 0.3) is 0 Å². The molecule has 1 fully saturated rings. The van der Waals surface area contributed by atoms with Gasteiger partial charge in [-0.05, 0) is 12.8 Å². The molecule has 1 aliphatic rings. The molecule has 11 heteroatoms. The van der Waals surface area contributed by atoms with Gasteiger partial charge in [0, 0.05) is 38.6 Å².